The van der Waals surface area contributed by atoms with Crippen molar-refractivity contribution in [3.05, 3.63) is 28.7 Å². The van der Waals surface area contributed by atoms with Crippen LogP contribution in [0.4, 0.5) is 0 Å². The standard InChI is InChI=1S/C13H18N2O5/c1-3-13(4-2,12(18)19)15-7-5-6-9(11(15)17)20-8-10(14)16/h5-7H,3-4,8H2,1-2H3,(H2,14,16)(H,18,19). The van der Waals surface area contributed by atoms with E-state index in [-0.39, 0.29) is 18.6 Å². The van der Waals surface area contributed by atoms with Crippen molar-refractivity contribution in [3.63, 3.8) is 0 Å². The van der Waals surface area contributed by atoms with Crippen molar-refractivity contribution in [3.8, 4) is 5.75 Å². The summed E-state index contributed by atoms with van der Waals surface area (Å²) in [5.41, 5.74) is 3.02. The number of ether oxygens (including phenoxy) is 1. The van der Waals surface area contributed by atoms with Gasteiger partial charge in [0, 0.05) is 6.20 Å². The predicted molar refractivity (Wildman–Crippen MR) is 71.6 cm³/mol. The first-order valence-electron chi connectivity index (χ1n) is 6.25. The second kappa shape index (κ2) is 6.23. The summed E-state index contributed by atoms with van der Waals surface area (Å²) in [7, 11) is 0. The largest absolute Gasteiger partial charge is 0.479 e. The summed E-state index contributed by atoms with van der Waals surface area (Å²) in [6.45, 7) is 2.96. The third kappa shape index (κ3) is 2.81. The van der Waals surface area contributed by atoms with Gasteiger partial charge in [-0.05, 0) is 25.0 Å². The molecule has 0 aliphatic carbocycles. The summed E-state index contributed by atoms with van der Waals surface area (Å²) in [6.07, 6.45) is 1.90. The maximum Gasteiger partial charge on any atom is 0.329 e. The molecule has 0 saturated carbocycles. The molecule has 3 N–H and O–H groups in total. The summed E-state index contributed by atoms with van der Waals surface area (Å²) >= 11 is 0. The molecule has 1 rings (SSSR count). The van der Waals surface area contributed by atoms with E-state index in [1.165, 1.54) is 18.3 Å². The SMILES string of the molecule is CCC(CC)(C(=O)O)n1cccc(OCC(N)=O)c1=O. The topological polar surface area (TPSA) is 112 Å². The third-order valence-corrected chi connectivity index (χ3v) is 3.31. The van der Waals surface area contributed by atoms with Crippen LogP contribution in [0.3, 0.4) is 0 Å². The number of hydrogen-bond acceptors (Lipinski definition) is 4. The van der Waals surface area contributed by atoms with Crippen molar-refractivity contribution < 1.29 is 19.4 Å². The fourth-order valence-electron chi connectivity index (χ4n) is 2.07. The monoisotopic (exact) mass is 282 g/mol. The van der Waals surface area contributed by atoms with Gasteiger partial charge >= 0.3 is 5.97 Å². The zero-order valence-electron chi connectivity index (χ0n) is 11.5. The smallest absolute Gasteiger partial charge is 0.329 e. The van der Waals surface area contributed by atoms with Crippen LogP contribution in [0.15, 0.2) is 23.1 Å². The van der Waals surface area contributed by atoms with Crippen LogP contribution in [0.1, 0.15) is 26.7 Å². The molecule has 0 bridgehead atoms. The summed E-state index contributed by atoms with van der Waals surface area (Å²) in [6, 6.07) is 2.88. The molecule has 0 atom stereocenters. The Hall–Kier alpha value is -2.31. The number of aromatic nitrogens is 1. The van der Waals surface area contributed by atoms with Gasteiger partial charge in [0.15, 0.2) is 12.4 Å². The molecule has 1 aromatic rings. The Morgan fingerprint density at radius 2 is 2.00 bits per heavy atom. The molecular formula is C13H18N2O5. The van der Waals surface area contributed by atoms with Crippen molar-refractivity contribution in [1.29, 1.82) is 0 Å². The van der Waals surface area contributed by atoms with Crippen LogP contribution in [0, 0.1) is 0 Å². The number of nitrogens with two attached hydrogens (primary N) is 1. The van der Waals surface area contributed by atoms with Gasteiger partial charge in [-0.3, -0.25) is 14.2 Å². The maximum atomic E-state index is 12.3. The van der Waals surface area contributed by atoms with Crippen molar-refractivity contribution in [2.75, 3.05) is 6.61 Å². The fourth-order valence-corrected chi connectivity index (χ4v) is 2.07. The van der Waals surface area contributed by atoms with E-state index in [2.05, 4.69) is 0 Å². The molecule has 0 aliphatic rings. The number of aliphatic carboxylic acids is 1. The summed E-state index contributed by atoms with van der Waals surface area (Å²) in [5.74, 6) is -1.90. The van der Waals surface area contributed by atoms with Crippen LogP contribution < -0.4 is 16.0 Å². The Balaban J connectivity index is 3.32. The first-order chi connectivity index (χ1) is 9.39. The lowest BCUT2D eigenvalue weighted by Gasteiger charge is -2.29. The Morgan fingerprint density at radius 3 is 2.45 bits per heavy atom. The lowest BCUT2D eigenvalue weighted by Crippen LogP contribution is -2.46. The second-order valence-electron chi connectivity index (χ2n) is 4.35. The van der Waals surface area contributed by atoms with Gasteiger partial charge in [-0.25, -0.2) is 4.79 Å². The van der Waals surface area contributed by atoms with Gasteiger partial charge in [-0.15, -0.1) is 0 Å². The van der Waals surface area contributed by atoms with Crippen molar-refractivity contribution in [1.82, 2.24) is 4.57 Å². The van der Waals surface area contributed by atoms with E-state index in [1.54, 1.807) is 13.8 Å². The molecular weight excluding hydrogens is 264 g/mol. The fraction of sp³-hybridized carbons (Fsp3) is 0.462. The van der Waals surface area contributed by atoms with Crippen molar-refractivity contribution in [2.45, 2.75) is 32.2 Å². The number of carbonyl (C=O) groups excluding carboxylic acids is 1. The van der Waals surface area contributed by atoms with E-state index in [0.29, 0.717) is 0 Å². The molecule has 1 amide bonds. The van der Waals surface area contributed by atoms with Gasteiger partial charge in [0.05, 0.1) is 0 Å². The highest BCUT2D eigenvalue weighted by Gasteiger charge is 2.38. The normalized spacial score (nSPS) is 11.1. The lowest BCUT2D eigenvalue weighted by molar-refractivity contribution is -0.148. The molecule has 0 aromatic carbocycles. The predicted octanol–water partition coefficient (Wildman–Crippen LogP) is 0.312. The van der Waals surface area contributed by atoms with Crippen LogP contribution in [0.25, 0.3) is 0 Å². The van der Waals surface area contributed by atoms with Gasteiger partial charge in [0.1, 0.15) is 5.54 Å². The Bertz CT molecular complexity index is 560. The van der Waals surface area contributed by atoms with Gasteiger partial charge in [0.25, 0.3) is 11.5 Å². The molecule has 0 radical (unpaired) electrons. The van der Waals surface area contributed by atoms with Crippen LogP contribution in [0.5, 0.6) is 5.75 Å². The number of primary amides is 1. The highest BCUT2D eigenvalue weighted by Crippen LogP contribution is 2.24. The van der Waals surface area contributed by atoms with E-state index in [0.717, 1.165) is 4.57 Å². The summed E-state index contributed by atoms with van der Waals surface area (Å²) in [5, 5.41) is 9.44. The van der Waals surface area contributed by atoms with Crippen molar-refractivity contribution >= 4 is 11.9 Å². The van der Waals surface area contributed by atoms with Crippen LogP contribution in [-0.2, 0) is 15.1 Å². The Labute approximate surface area is 116 Å². The molecule has 0 saturated heterocycles. The highest BCUT2D eigenvalue weighted by molar-refractivity contribution is 5.77. The van der Waals surface area contributed by atoms with E-state index in [9.17, 15) is 19.5 Å². The van der Waals surface area contributed by atoms with Crippen LogP contribution in [0.2, 0.25) is 0 Å². The molecule has 0 aliphatic heterocycles. The molecule has 0 spiro atoms. The van der Waals surface area contributed by atoms with Gasteiger partial charge in [0.2, 0.25) is 0 Å². The summed E-state index contributed by atoms with van der Waals surface area (Å²) < 4.78 is 6.13. The van der Waals surface area contributed by atoms with Crippen LogP contribution >= 0.6 is 0 Å². The van der Waals surface area contributed by atoms with Crippen LogP contribution in [-0.4, -0.2) is 28.2 Å². The van der Waals surface area contributed by atoms with Crippen molar-refractivity contribution in [2.24, 2.45) is 5.73 Å². The Kier molecular flexibility index (Phi) is 4.90. The molecule has 7 heteroatoms. The molecule has 20 heavy (non-hydrogen) atoms. The average molecular weight is 282 g/mol. The highest BCUT2D eigenvalue weighted by atomic mass is 16.5. The number of carboxylic acids is 1. The minimum atomic E-state index is -1.33. The van der Waals surface area contributed by atoms with Gasteiger partial charge in [-0.1, -0.05) is 13.8 Å². The number of hydrogen-bond donors (Lipinski definition) is 2. The number of rotatable bonds is 7. The maximum absolute atomic E-state index is 12.3. The number of carbonyl (C=O) groups is 2. The van der Waals surface area contributed by atoms with E-state index < -0.39 is 29.6 Å². The Morgan fingerprint density at radius 1 is 1.40 bits per heavy atom. The number of nitrogens with zero attached hydrogens (tertiary/aromatic N) is 1. The van der Waals surface area contributed by atoms with E-state index >= 15 is 0 Å². The molecule has 7 nitrogen and oxygen atoms in total. The molecule has 1 heterocycles. The number of carboxylic acid groups (broad SMARTS) is 1. The van der Waals surface area contributed by atoms with Gasteiger partial charge in [-0.2, -0.15) is 0 Å². The number of pyridine rings is 1. The minimum absolute atomic E-state index is 0.0983. The quantitative estimate of drug-likeness (QED) is 0.747. The first-order valence-corrected chi connectivity index (χ1v) is 6.25. The first kappa shape index (κ1) is 15.7. The zero-order valence-corrected chi connectivity index (χ0v) is 11.5. The second-order valence-corrected chi connectivity index (χ2v) is 4.35. The molecule has 1 aromatic heterocycles. The molecule has 110 valence electrons. The number of amides is 1. The minimum Gasteiger partial charge on any atom is -0.479 e. The van der Waals surface area contributed by atoms with Gasteiger partial charge < -0.3 is 15.6 Å². The summed E-state index contributed by atoms with van der Waals surface area (Å²) in [4.78, 5) is 34.5. The van der Waals surface area contributed by atoms with E-state index in [1.807, 2.05) is 0 Å². The zero-order chi connectivity index (χ0) is 15.3. The lowest BCUT2D eigenvalue weighted by atomic mass is 9.92. The third-order valence-electron chi connectivity index (χ3n) is 3.31. The molecule has 0 fully saturated rings. The average Bonchev–Trinajstić information content (AvgIpc) is 2.40. The van der Waals surface area contributed by atoms with E-state index in [4.69, 9.17) is 10.5 Å². The molecule has 0 unspecified atom stereocenters.